The van der Waals surface area contributed by atoms with Crippen LogP contribution < -0.4 is 5.32 Å². The number of hydrogen-bond acceptors (Lipinski definition) is 3. The van der Waals surface area contributed by atoms with Crippen molar-refractivity contribution >= 4 is 0 Å². The summed E-state index contributed by atoms with van der Waals surface area (Å²) in [6, 6.07) is 2.02. The van der Waals surface area contributed by atoms with Crippen LogP contribution in [0, 0.1) is 0 Å². The molecular weight excluding hydrogens is 178 g/mol. The van der Waals surface area contributed by atoms with Crippen molar-refractivity contribution in [1.82, 2.24) is 15.1 Å². The van der Waals surface area contributed by atoms with Gasteiger partial charge in [-0.1, -0.05) is 0 Å². The summed E-state index contributed by atoms with van der Waals surface area (Å²) in [6.45, 7) is 6.47. The average molecular weight is 197 g/mol. The van der Waals surface area contributed by atoms with E-state index < -0.39 is 0 Å². The van der Waals surface area contributed by atoms with Crippen LogP contribution in [0.1, 0.15) is 19.5 Å². The Morgan fingerprint density at radius 1 is 1.57 bits per heavy atom. The Morgan fingerprint density at radius 3 is 3.00 bits per heavy atom. The lowest BCUT2D eigenvalue weighted by Crippen LogP contribution is -2.16. The molecular formula is C10H19N3O. The maximum Gasteiger partial charge on any atom is 0.0666 e. The van der Waals surface area contributed by atoms with Crippen molar-refractivity contribution in [2.75, 3.05) is 13.7 Å². The van der Waals surface area contributed by atoms with Gasteiger partial charge in [0.05, 0.1) is 24.9 Å². The highest BCUT2D eigenvalue weighted by molar-refractivity contribution is 4.99. The second-order valence-corrected chi connectivity index (χ2v) is 3.50. The van der Waals surface area contributed by atoms with Crippen LogP contribution >= 0.6 is 0 Å². The monoisotopic (exact) mass is 197 g/mol. The predicted molar refractivity (Wildman–Crippen MR) is 56.1 cm³/mol. The molecule has 0 atom stereocenters. The summed E-state index contributed by atoms with van der Waals surface area (Å²) in [5.41, 5.74) is 1.19. The van der Waals surface area contributed by atoms with Crippen molar-refractivity contribution in [2.24, 2.45) is 0 Å². The van der Waals surface area contributed by atoms with E-state index in [9.17, 15) is 0 Å². The van der Waals surface area contributed by atoms with Gasteiger partial charge in [0.1, 0.15) is 0 Å². The molecule has 0 radical (unpaired) electrons. The molecule has 0 fully saturated rings. The molecule has 1 N–H and O–H groups in total. The number of ether oxygens (including phenoxy) is 1. The molecule has 4 nitrogen and oxygen atoms in total. The first-order valence-corrected chi connectivity index (χ1v) is 5.01. The molecule has 1 aromatic heterocycles. The summed E-state index contributed by atoms with van der Waals surface area (Å²) in [5, 5.41) is 7.34. The fraction of sp³-hybridized carbons (Fsp3) is 0.700. The first kappa shape index (κ1) is 11.2. The van der Waals surface area contributed by atoms with Crippen LogP contribution in [0.15, 0.2) is 12.3 Å². The third kappa shape index (κ3) is 3.47. The van der Waals surface area contributed by atoms with Crippen molar-refractivity contribution in [3.63, 3.8) is 0 Å². The van der Waals surface area contributed by atoms with Gasteiger partial charge in [0.2, 0.25) is 0 Å². The molecule has 0 amide bonds. The third-order valence-electron chi connectivity index (χ3n) is 1.92. The largest absolute Gasteiger partial charge is 0.377 e. The SMILES string of the molecule is CNCc1ccnn1CCOC(C)C. The minimum atomic E-state index is 0.290. The Morgan fingerprint density at radius 2 is 2.36 bits per heavy atom. The van der Waals surface area contributed by atoms with Crippen molar-refractivity contribution in [2.45, 2.75) is 33.0 Å². The smallest absolute Gasteiger partial charge is 0.0666 e. The van der Waals surface area contributed by atoms with Gasteiger partial charge in [0.25, 0.3) is 0 Å². The van der Waals surface area contributed by atoms with Gasteiger partial charge in [-0.25, -0.2) is 0 Å². The van der Waals surface area contributed by atoms with Crippen LogP contribution in [-0.4, -0.2) is 29.5 Å². The number of rotatable bonds is 6. The van der Waals surface area contributed by atoms with Crippen LogP contribution in [-0.2, 0) is 17.8 Å². The van der Waals surface area contributed by atoms with Crippen molar-refractivity contribution in [3.05, 3.63) is 18.0 Å². The second-order valence-electron chi connectivity index (χ2n) is 3.50. The lowest BCUT2D eigenvalue weighted by atomic mass is 10.4. The summed E-state index contributed by atoms with van der Waals surface area (Å²) in [6.07, 6.45) is 2.11. The lowest BCUT2D eigenvalue weighted by Gasteiger charge is -2.09. The van der Waals surface area contributed by atoms with Gasteiger partial charge in [-0.3, -0.25) is 4.68 Å². The Hall–Kier alpha value is -0.870. The molecule has 1 rings (SSSR count). The van der Waals surface area contributed by atoms with E-state index in [1.165, 1.54) is 5.69 Å². The molecule has 0 aliphatic heterocycles. The Balaban J connectivity index is 2.37. The van der Waals surface area contributed by atoms with Gasteiger partial charge in [-0.05, 0) is 27.0 Å². The molecule has 1 heterocycles. The summed E-state index contributed by atoms with van der Waals surface area (Å²) >= 11 is 0. The summed E-state index contributed by atoms with van der Waals surface area (Å²) in [4.78, 5) is 0. The van der Waals surface area contributed by atoms with E-state index in [1.807, 2.05) is 37.8 Å². The quantitative estimate of drug-likeness (QED) is 0.740. The highest BCUT2D eigenvalue weighted by atomic mass is 16.5. The van der Waals surface area contributed by atoms with Crippen molar-refractivity contribution in [3.8, 4) is 0 Å². The zero-order valence-electron chi connectivity index (χ0n) is 9.16. The fourth-order valence-corrected chi connectivity index (χ4v) is 1.27. The highest BCUT2D eigenvalue weighted by Crippen LogP contribution is 1.98. The van der Waals surface area contributed by atoms with Crippen LogP contribution in [0.3, 0.4) is 0 Å². The standard InChI is InChI=1S/C10H19N3O/c1-9(2)14-7-6-13-10(8-11-3)4-5-12-13/h4-5,9,11H,6-8H2,1-3H3. The molecule has 80 valence electrons. The maximum atomic E-state index is 5.47. The van der Waals surface area contributed by atoms with Crippen LogP contribution in [0.2, 0.25) is 0 Å². The molecule has 0 aromatic carbocycles. The molecule has 0 unspecified atom stereocenters. The number of aromatic nitrogens is 2. The highest BCUT2D eigenvalue weighted by Gasteiger charge is 2.01. The van der Waals surface area contributed by atoms with E-state index in [0.29, 0.717) is 6.10 Å². The lowest BCUT2D eigenvalue weighted by molar-refractivity contribution is 0.0705. The zero-order chi connectivity index (χ0) is 10.4. The molecule has 0 aliphatic carbocycles. The van der Waals surface area contributed by atoms with Gasteiger partial charge in [-0.15, -0.1) is 0 Å². The first-order valence-electron chi connectivity index (χ1n) is 5.01. The summed E-state index contributed by atoms with van der Waals surface area (Å²) in [5.74, 6) is 0. The van der Waals surface area contributed by atoms with Gasteiger partial charge >= 0.3 is 0 Å². The second kappa shape index (κ2) is 5.78. The van der Waals surface area contributed by atoms with E-state index in [4.69, 9.17) is 4.74 Å². The first-order chi connectivity index (χ1) is 6.74. The minimum Gasteiger partial charge on any atom is -0.377 e. The Kier molecular flexibility index (Phi) is 4.62. The minimum absolute atomic E-state index is 0.290. The molecule has 0 bridgehead atoms. The Bertz CT molecular complexity index is 258. The zero-order valence-corrected chi connectivity index (χ0v) is 9.16. The maximum absolute atomic E-state index is 5.47. The number of nitrogens with zero attached hydrogens (tertiary/aromatic N) is 2. The molecule has 0 saturated heterocycles. The van der Waals surface area contributed by atoms with Crippen LogP contribution in [0.4, 0.5) is 0 Å². The van der Waals surface area contributed by atoms with Crippen LogP contribution in [0.5, 0.6) is 0 Å². The fourth-order valence-electron chi connectivity index (χ4n) is 1.27. The number of hydrogen-bond donors (Lipinski definition) is 1. The Labute approximate surface area is 85.3 Å². The van der Waals surface area contributed by atoms with Gasteiger partial charge in [-0.2, -0.15) is 5.10 Å². The summed E-state index contributed by atoms with van der Waals surface area (Å²) < 4.78 is 7.44. The van der Waals surface area contributed by atoms with Gasteiger partial charge in [0, 0.05) is 12.7 Å². The van der Waals surface area contributed by atoms with E-state index >= 15 is 0 Å². The van der Waals surface area contributed by atoms with Crippen molar-refractivity contribution < 1.29 is 4.74 Å². The van der Waals surface area contributed by atoms with E-state index in [1.54, 1.807) is 0 Å². The topological polar surface area (TPSA) is 39.1 Å². The molecule has 1 aromatic rings. The van der Waals surface area contributed by atoms with E-state index in [0.717, 1.165) is 19.7 Å². The van der Waals surface area contributed by atoms with Gasteiger partial charge < -0.3 is 10.1 Å². The van der Waals surface area contributed by atoms with Crippen LogP contribution in [0.25, 0.3) is 0 Å². The molecule has 4 heteroatoms. The molecule has 0 aliphatic rings. The average Bonchev–Trinajstić information content (AvgIpc) is 2.53. The third-order valence-corrected chi connectivity index (χ3v) is 1.92. The van der Waals surface area contributed by atoms with E-state index in [2.05, 4.69) is 10.4 Å². The number of nitrogens with one attached hydrogen (secondary N) is 1. The molecule has 14 heavy (non-hydrogen) atoms. The normalized spacial score (nSPS) is 11.1. The van der Waals surface area contributed by atoms with E-state index in [-0.39, 0.29) is 0 Å². The predicted octanol–water partition coefficient (Wildman–Crippen LogP) is 1.03. The molecule has 0 saturated carbocycles. The molecule has 0 spiro atoms. The van der Waals surface area contributed by atoms with Crippen molar-refractivity contribution in [1.29, 1.82) is 0 Å². The summed E-state index contributed by atoms with van der Waals surface area (Å²) in [7, 11) is 1.93. The van der Waals surface area contributed by atoms with Gasteiger partial charge in [0.15, 0.2) is 0 Å².